The van der Waals surface area contributed by atoms with E-state index in [1.54, 1.807) is 24.7 Å². The minimum absolute atomic E-state index is 0.0771. The van der Waals surface area contributed by atoms with Crippen LogP contribution in [-0.2, 0) is 6.54 Å². The van der Waals surface area contributed by atoms with Gasteiger partial charge in [0.05, 0.1) is 12.9 Å². The molecule has 6 heteroatoms. The molecule has 0 spiro atoms. The number of hydrogen-bond acceptors (Lipinski definition) is 4. The van der Waals surface area contributed by atoms with Gasteiger partial charge in [-0.3, -0.25) is 0 Å². The van der Waals surface area contributed by atoms with Crippen molar-refractivity contribution in [3.8, 4) is 5.75 Å². The van der Waals surface area contributed by atoms with Crippen LogP contribution < -0.4 is 10.5 Å². The van der Waals surface area contributed by atoms with Gasteiger partial charge in [0.15, 0.2) is 5.84 Å². The zero-order valence-corrected chi connectivity index (χ0v) is 11.4. The van der Waals surface area contributed by atoms with E-state index in [1.165, 1.54) is 0 Å². The van der Waals surface area contributed by atoms with E-state index in [9.17, 15) is 0 Å². The van der Waals surface area contributed by atoms with Gasteiger partial charge in [-0.2, -0.15) is 0 Å². The van der Waals surface area contributed by atoms with Gasteiger partial charge in [-0.05, 0) is 25.0 Å². The largest absolute Gasteiger partial charge is 0.493 e. The Balaban J connectivity index is 1.91. The van der Waals surface area contributed by atoms with Crippen LogP contribution in [0.2, 0.25) is 0 Å². The molecule has 0 bridgehead atoms. The quantitative estimate of drug-likeness (QED) is 0.276. The number of benzene rings is 1. The van der Waals surface area contributed by atoms with Crippen LogP contribution >= 0.6 is 0 Å². The third-order valence-electron chi connectivity index (χ3n) is 2.97. The fraction of sp³-hybridized carbons (Fsp3) is 0.286. The van der Waals surface area contributed by atoms with Crippen LogP contribution in [-0.4, -0.2) is 27.2 Å². The van der Waals surface area contributed by atoms with Gasteiger partial charge in [0, 0.05) is 24.5 Å². The molecule has 0 fully saturated rings. The third-order valence-corrected chi connectivity index (χ3v) is 2.97. The molecule has 0 saturated heterocycles. The van der Waals surface area contributed by atoms with Gasteiger partial charge >= 0.3 is 0 Å². The summed E-state index contributed by atoms with van der Waals surface area (Å²) in [6, 6.07) is 5.46. The predicted octanol–water partition coefficient (Wildman–Crippen LogP) is 1.76. The first-order valence-electron chi connectivity index (χ1n) is 6.38. The maximum absolute atomic E-state index is 8.68. The lowest BCUT2D eigenvalue weighted by Gasteiger charge is -2.11. The smallest absolute Gasteiger partial charge is 0.170 e. The van der Waals surface area contributed by atoms with Crippen molar-refractivity contribution in [3.05, 3.63) is 48.0 Å². The summed E-state index contributed by atoms with van der Waals surface area (Å²) < 4.78 is 7.75. The number of nitrogens with two attached hydrogens (primary N) is 1. The lowest BCUT2D eigenvalue weighted by Crippen LogP contribution is -2.13. The van der Waals surface area contributed by atoms with Gasteiger partial charge in [0.25, 0.3) is 0 Å². The highest BCUT2D eigenvalue weighted by Crippen LogP contribution is 2.19. The van der Waals surface area contributed by atoms with Crippen molar-refractivity contribution >= 4 is 5.84 Å². The monoisotopic (exact) mass is 274 g/mol. The average molecular weight is 274 g/mol. The second kappa shape index (κ2) is 6.60. The molecule has 1 heterocycles. The molecule has 0 aliphatic carbocycles. The van der Waals surface area contributed by atoms with Gasteiger partial charge < -0.3 is 20.2 Å². The van der Waals surface area contributed by atoms with Crippen LogP contribution in [0.1, 0.15) is 17.5 Å². The zero-order chi connectivity index (χ0) is 14.4. The summed E-state index contributed by atoms with van der Waals surface area (Å²) in [4.78, 5) is 3.98. The molecule has 0 atom stereocenters. The molecule has 0 amide bonds. The van der Waals surface area contributed by atoms with E-state index >= 15 is 0 Å². The second-order valence-corrected chi connectivity index (χ2v) is 4.47. The molecule has 3 N–H and O–H groups in total. The molecule has 20 heavy (non-hydrogen) atoms. The van der Waals surface area contributed by atoms with Crippen molar-refractivity contribution in [2.75, 3.05) is 6.61 Å². The number of aromatic nitrogens is 2. The molecule has 6 nitrogen and oxygen atoms in total. The van der Waals surface area contributed by atoms with Crippen molar-refractivity contribution in [1.29, 1.82) is 0 Å². The van der Waals surface area contributed by atoms with Crippen molar-refractivity contribution in [2.45, 2.75) is 19.9 Å². The molecule has 1 aromatic carbocycles. The lowest BCUT2D eigenvalue weighted by atomic mass is 10.1. The molecule has 1 aromatic heterocycles. The summed E-state index contributed by atoms with van der Waals surface area (Å²) in [5.41, 5.74) is 7.22. The van der Waals surface area contributed by atoms with Gasteiger partial charge in [-0.25, -0.2) is 4.98 Å². The van der Waals surface area contributed by atoms with Crippen molar-refractivity contribution in [2.24, 2.45) is 10.9 Å². The molecule has 106 valence electrons. The summed E-state index contributed by atoms with van der Waals surface area (Å²) in [6.45, 7) is 3.42. The minimum atomic E-state index is 0.0771. The molecule has 2 aromatic rings. The average Bonchev–Trinajstić information content (AvgIpc) is 2.97. The molecule has 0 aliphatic rings. The Labute approximate surface area is 117 Å². The Hall–Kier alpha value is -2.50. The first-order chi connectivity index (χ1) is 9.70. The molecular weight excluding hydrogens is 256 g/mol. The maximum Gasteiger partial charge on any atom is 0.170 e. The van der Waals surface area contributed by atoms with Crippen LogP contribution in [0.4, 0.5) is 0 Å². The van der Waals surface area contributed by atoms with E-state index in [0.29, 0.717) is 12.2 Å². The van der Waals surface area contributed by atoms with Crippen molar-refractivity contribution in [3.63, 3.8) is 0 Å². The van der Waals surface area contributed by atoms with E-state index < -0.39 is 0 Å². The Bertz CT molecular complexity index is 579. The lowest BCUT2D eigenvalue weighted by molar-refractivity contribution is 0.299. The number of ether oxygens (including phenoxy) is 1. The molecule has 0 radical (unpaired) electrons. The maximum atomic E-state index is 8.68. The van der Waals surface area contributed by atoms with Gasteiger partial charge in [-0.1, -0.05) is 17.3 Å². The fourth-order valence-electron chi connectivity index (χ4n) is 1.82. The first-order valence-corrected chi connectivity index (χ1v) is 6.38. The molecule has 0 unspecified atom stereocenters. The Morgan fingerprint density at radius 3 is 3.05 bits per heavy atom. The van der Waals surface area contributed by atoms with Crippen LogP contribution in [0.25, 0.3) is 0 Å². The molecular formula is C14H18N4O2. The van der Waals surface area contributed by atoms with Gasteiger partial charge in [0.1, 0.15) is 5.75 Å². The predicted molar refractivity (Wildman–Crippen MR) is 76.0 cm³/mol. The molecule has 0 saturated carbocycles. The normalized spacial score (nSPS) is 11.6. The topological polar surface area (TPSA) is 85.7 Å². The summed E-state index contributed by atoms with van der Waals surface area (Å²) in [6.07, 6.45) is 6.34. The number of rotatable bonds is 6. The zero-order valence-electron chi connectivity index (χ0n) is 11.4. The number of aryl methyl sites for hydroxylation is 2. The van der Waals surface area contributed by atoms with E-state index in [4.69, 9.17) is 15.7 Å². The van der Waals surface area contributed by atoms with Gasteiger partial charge in [0.2, 0.25) is 0 Å². The molecule has 0 aliphatic heterocycles. The summed E-state index contributed by atoms with van der Waals surface area (Å²) in [7, 11) is 0. The van der Waals surface area contributed by atoms with Crippen LogP contribution in [0, 0.1) is 6.92 Å². The van der Waals surface area contributed by atoms with Crippen LogP contribution in [0.15, 0.2) is 42.1 Å². The van der Waals surface area contributed by atoms with Crippen molar-refractivity contribution < 1.29 is 9.94 Å². The Kier molecular flexibility index (Phi) is 4.60. The number of nitrogens with zero attached hydrogens (tertiary/aromatic N) is 3. The third kappa shape index (κ3) is 3.50. The standard InChI is InChI=1S/C14H18N4O2/c1-11-3-4-12(14(15)17-19)9-13(11)20-8-2-6-18-7-5-16-10-18/h3-5,7,9-10,19H,2,6,8H2,1H3,(H2,15,17). The van der Waals surface area contributed by atoms with Crippen LogP contribution in [0.5, 0.6) is 5.75 Å². The highest BCUT2D eigenvalue weighted by molar-refractivity contribution is 5.97. The number of imidazole rings is 1. The fourth-order valence-corrected chi connectivity index (χ4v) is 1.82. The van der Waals surface area contributed by atoms with Crippen LogP contribution in [0.3, 0.4) is 0 Å². The van der Waals surface area contributed by atoms with E-state index in [1.807, 2.05) is 23.8 Å². The van der Waals surface area contributed by atoms with E-state index in [-0.39, 0.29) is 5.84 Å². The number of amidine groups is 1. The summed E-state index contributed by atoms with van der Waals surface area (Å²) in [5, 5.41) is 11.7. The highest BCUT2D eigenvalue weighted by Gasteiger charge is 2.05. The van der Waals surface area contributed by atoms with E-state index in [2.05, 4.69) is 10.1 Å². The van der Waals surface area contributed by atoms with Gasteiger partial charge in [-0.15, -0.1) is 0 Å². The number of oxime groups is 1. The second-order valence-electron chi connectivity index (χ2n) is 4.47. The number of hydrogen-bond donors (Lipinski definition) is 2. The first kappa shape index (κ1) is 13.9. The minimum Gasteiger partial charge on any atom is -0.493 e. The molecule has 2 rings (SSSR count). The van der Waals surface area contributed by atoms with E-state index in [0.717, 1.165) is 24.3 Å². The Morgan fingerprint density at radius 2 is 2.35 bits per heavy atom. The SMILES string of the molecule is Cc1ccc(/C(N)=N/O)cc1OCCCn1ccnc1. The van der Waals surface area contributed by atoms with Crippen molar-refractivity contribution in [1.82, 2.24) is 9.55 Å². The Morgan fingerprint density at radius 1 is 1.50 bits per heavy atom. The summed E-state index contributed by atoms with van der Waals surface area (Å²) >= 11 is 0. The highest BCUT2D eigenvalue weighted by atomic mass is 16.5. The summed E-state index contributed by atoms with van der Waals surface area (Å²) in [5.74, 6) is 0.827.